The highest BCUT2D eigenvalue weighted by atomic mass is 79.9. The molecule has 0 unspecified atom stereocenters. The van der Waals surface area contributed by atoms with E-state index >= 15 is 0 Å². The van der Waals surface area contributed by atoms with Crippen LogP contribution in [0.15, 0.2) is 61.2 Å². The largest absolute Gasteiger partial charge is 0.492 e. The number of benzene rings is 2. The first-order chi connectivity index (χ1) is 11.2. The maximum atomic E-state index is 8.42. The van der Waals surface area contributed by atoms with Gasteiger partial charge in [-0.1, -0.05) is 30.3 Å². The normalized spacial score (nSPS) is 10.4. The molecule has 0 spiro atoms. The summed E-state index contributed by atoms with van der Waals surface area (Å²) in [5.74, 6) is 0.868. The molecule has 0 fully saturated rings. The molecule has 126 valence electrons. The van der Waals surface area contributed by atoms with Crippen LogP contribution in [0.3, 0.4) is 0 Å². The Bertz CT molecular complexity index is 895. The van der Waals surface area contributed by atoms with Gasteiger partial charge in [0.1, 0.15) is 12.4 Å². The molecule has 0 aliphatic heterocycles. The Kier molecular flexibility index (Phi) is 6.04. The van der Waals surface area contributed by atoms with Crippen molar-refractivity contribution in [3.05, 3.63) is 72.4 Å². The highest BCUT2D eigenvalue weighted by Crippen LogP contribution is 2.14. The molecule has 5 heteroatoms. The molecule has 24 heavy (non-hydrogen) atoms. The summed E-state index contributed by atoms with van der Waals surface area (Å²) in [6.45, 7) is 7.63. The van der Waals surface area contributed by atoms with Crippen molar-refractivity contribution in [2.75, 3.05) is 6.61 Å². The Morgan fingerprint density at radius 2 is 1.79 bits per heavy atom. The monoisotopic (exact) mass is 387 g/mol. The van der Waals surface area contributed by atoms with Crippen LogP contribution in [0.25, 0.3) is 11.0 Å². The molecule has 2 aromatic carbocycles. The lowest BCUT2D eigenvalue weighted by molar-refractivity contribution is 0.296. The van der Waals surface area contributed by atoms with E-state index in [1.807, 2.05) is 70.7 Å². The molecule has 4 nitrogen and oxygen atoms in total. The van der Waals surface area contributed by atoms with Gasteiger partial charge >= 0.3 is 0 Å². The summed E-state index contributed by atoms with van der Waals surface area (Å²) < 4.78 is 9.76. The second kappa shape index (κ2) is 8.02. The van der Waals surface area contributed by atoms with Gasteiger partial charge in [-0.25, -0.2) is 0 Å². The molecule has 0 bridgehead atoms. The Morgan fingerprint density at radius 3 is 2.46 bits per heavy atom. The van der Waals surface area contributed by atoms with E-state index < -0.39 is 0 Å². The van der Waals surface area contributed by atoms with Crippen molar-refractivity contribution in [1.82, 2.24) is 9.13 Å². The van der Waals surface area contributed by atoms with Gasteiger partial charge in [0.2, 0.25) is 5.62 Å². The number of allylic oxidation sites excluding steroid dienone is 1. The Balaban J connectivity index is 0.00000208. The summed E-state index contributed by atoms with van der Waals surface area (Å²) in [6, 6.07) is 16.1. The average molecular weight is 388 g/mol. The third-order valence-electron chi connectivity index (χ3n) is 3.86. The maximum Gasteiger partial charge on any atom is 0.203 e. The molecule has 0 saturated heterocycles. The molecule has 0 atom stereocenters. The number of halogens is 1. The molecule has 0 radical (unpaired) electrons. The third-order valence-corrected chi connectivity index (χ3v) is 3.86. The summed E-state index contributed by atoms with van der Waals surface area (Å²) >= 11 is 0. The molecular formula is C19H22BrN3O. The molecule has 1 N–H and O–H groups in total. The highest BCUT2D eigenvalue weighted by Gasteiger charge is 2.09. The number of hydrogen-bond acceptors (Lipinski definition) is 2. The molecule has 0 saturated carbocycles. The second-order valence-electron chi connectivity index (χ2n) is 5.53. The molecule has 0 aliphatic rings. The molecule has 0 amide bonds. The number of rotatable bonds is 6. The van der Waals surface area contributed by atoms with Crippen LogP contribution in [0.2, 0.25) is 0 Å². The number of aromatic nitrogens is 2. The second-order valence-corrected chi connectivity index (χ2v) is 5.53. The van der Waals surface area contributed by atoms with Crippen molar-refractivity contribution < 1.29 is 4.74 Å². The minimum atomic E-state index is 0. The molecule has 3 aromatic rings. The fraction of sp³-hybridized carbons (Fsp3) is 0.211. The van der Waals surface area contributed by atoms with E-state index in [1.165, 1.54) is 5.56 Å². The van der Waals surface area contributed by atoms with E-state index in [2.05, 4.69) is 6.58 Å². The maximum absolute atomic E-state index is 8.42. The summed E-state index contributed by atoms with van der Waals surface area (Å²) in [6.07, 6.45) is 1.82. The minimum Gasteiger partial charge on any atom is -0.492 e. The predicted octanol–water partition coefficient (Wildman–Crippen LogP) is 4.07. The number of para-hydroxylation sites is 2. The first-order valence-corrected chi connectivity index (χ1v) is 7.73. The van der Waals surface area contributed by atoms with Gasteiger partial charge in [0.05, 0.1) is 17.6 Å². The minimum absolute atomic E-state index is 0. The van der Waals surface area contributed by atoms with Gasteiger partial charge in [0.15, 0.2) is 0 Å². The molecular weight excluding hydrogens is 366 g/mol. The van der Waals surface area contributed by atoms with Crippen molar-refractivity contribution in [3.63, 3.8) is 0 Å². The van der Waals surface area contributed by atoms with Crippen LogP contribution >= 0.6 is 17.0 Å². The van der Waals surface area contributed by atoms with Gasteiger partial charge in [-0.15, -0.1) is 23.6 Å². The first-order valence-electron chi connectivity index (χ1n) is 7.73. The van der Waals surface area contributed by atoms with Gasteiger partial charge in [0, 0.05) is 6.54 Å². The van der Waals surface area contributed by atoms with Gasteiger partial charge in [-0.2, -0.15) is 0 Å². The van der Waals surface area contributed by atoms with Gasteiger partial charge < -0.3 is 13.9 Å². The Labute approximate surface area is 152 Å². The predicted molar refractivity (Wildman–Crippen MR) is 103 cm³/mol. The standard InChI is InChI=1S/C19H21N3O.BrH/c1-3-11-21-17-9-4-5-10-18(17)22(19(21)20)12-13-23-16-8-6-7-15(2)14-16;/h3-10,14,20H,1,11-13H2,2H3;1H. The van der Waals surface area contributed by atoms with Gasteiger partial charge in [-0.05, 0) is 36.8 Å². The summed E-state index contributed by atoms with van der Waals surface area (Å²) in [5.41, 5.74) is 3.75. The molecule has 1 aromatic heterocycles. The number of nitrogens with one attached hydrogen (secondary N) is 1. The van der Waals surface area contributed by atoms with Crippen molar-refractivity contribution in [3.8, 4) is 5.75 Å². The van der Waals surface area contributed by atoms with Crippen LogP contribution in [0.4, 0.5) is 0 Å². The third kappa shape index (κ3) is 3.62. The van der Waals surface area contributed by atoms with E-state index in [1.54, 1.807) is 0 Å². The van der Waals surface area contributed by atoms with Crippen molar-refractivity contribution in [2.45, 2.75) is 20.0 Å². The van der Waals surface area contributed by atoms with E-state index in [0.717, 1.165) is 16.8 Å². The smallest absolute Gasteiger partial charge is 0.203 e. The zero-order valence-electron chi connectivity index (χ0n) is 13.7. The molecule has 0 aliphatic carbocycles. The number of fused-ring (bicyclic) bond motifs is 1. The topological polar surface area (TPSA) is 42.9 Å². The number of imidazole rings is 1. The van der Waals surface area contributed by atoms with Crippen LogP contribution in [-0.4, -0.2) is 15.7 Å². The van der Waals surface area contributed by atoms with Crippen LogP contribution in [-0.2, 0) is 13.1 Å². The van der Waals surface area contributed by atoms with Crippen LogP contribution in [0, 0.1) is 12.3 Å². The lowest BCUT2D eigenvalue weighted by atomic mass is 10.2. The van der Waals surface area contributed by atoms with Crippen molar-refractivity contribution >= 4 is 28.0 Å². The average Bonchev–Trinajstić information content (AvgIpc) is 2.81. The molecule has 1 heterocycles. The SMILES string of the molecule is Br.C=CCn1c(=N)n(CCOc2cccc(C)c2)c2ccccc21. The number of ether oxygens (including phenoxy) is 1. The quantitative estimate of drug-likeness (QED) is 0.636. The van der Waals surface area contributed by atoms with Crippen LogP contribution < -0.4 is 10.4 Å². The van der Waals surface area contributed by atoms with Crippen LogP contribution in [0.5, 0.6) is 5.75 Å². The van der Waals surface area contributed by atoms with Crippen LogP contribution in [0.1, 0.15) is 5.56 Å². The van der Waals surface area contributed by atoms with Crippen molar-refractivity contribution in [1.29, 1.82) is 5.41 Å². The zero-order valence-corrected chi connectivity index (χ0v) is 15.4. The summed E-state index contributed by atoms with van der Waals surface area (Å²) in [4.78, 5) is 0. The number of nitrogens with zero attached hydrogens (tertiary/aromatic N) is 2. The zero-order chi connectivity index (χ0) is 16.2. The fourth-order valence-corrected chi connectivity index (χ4v) is 2.79. The van der Waals surface area contributed by atoms with E-state index in [0.29, 0.717) is 25.3 Å². The van der Waals surface area contributed by atoms with E-state index in [9.17, 15) is 0 Å². The van der Waals surface area contributed by atoms with Crippen molar-refractivity contribution in [2.24, 2.45) is 0 Å². The Morgan fingerprint density at radius 1 is 1.08 bits per heavy atom. The van der Waals surface area contributed by atoms with E-state index in [4.69, 9.17) is 10.1 Å². The van der Waals surface area contributed by atoms with E-state index in [-0.39, 0.29) is 17.0 Å². The first kappa shape index (κ1) is 18.1. The van der Waals surface area contributed by atoms with Gasteiger partial charge in [-0.3, -0.25) is 5.41 Å². The lowest BCUT2D eigenvalue weighted by Gasteiger charge is -2.08. The summed E-state index contributed by atoms with van der Waals surface area (Å²) in [5, 5.41) is 8.42. The fourth-order valence-electron chi connectivity index (χ4n) is 2.79. The summed E-state index contributed by atoms with van der Waals surface area (Å²) in [7, 11) is 0. The highest BCUT2D eigenvalue weighted by molar-refractivity contribution is 8.93. The number of hydrogen-bond donors (Lipinski definition) is 1. The number of aryl methyl sites for hydroxylation is 1. The van der Waals surface area contributed by atoms with Gasteiger partial charge in [0.25, 0.3) is 0 Å². The molecule has 3 rings (SSSR count). The Hall–Kier alpha value is -2.27. The lowest BCUT2D eigenvalue weighted by Crippen LogP contribution is -2.26.